The molecule has 2 rings (SSSR count). The Labute approximate surface area is 152 Å². The number of nitrogens with zero attached hydrogens (tertiary/aromatic N) is 4. The van der Waals surface area contributed by atoms with Crippen LogP contribution in [0.2, 0.25) is 10.2 Å². The zero-order valence-electron chi connectivity index (χ0n) is 14.5. The third-order valence-corrected chi connectivity index (χ3v) is 4.66. The van der Waals surface area contributed by atoms with E-state index in [4.69, 9.17) is 23.2 Å². The van der Waals surface area contributed by atoms with E-state index in [1.807, 2.05) is 29.3 Å². The van der Waals surface area contributed by atoms with Crippen LogP contribution in [0.5, 0.6) is 0 Å². The van der Waals surface area contributed by atoms with E-state index in [-0.39, 0.29) is 0 Å². The smallest absolute Gasteiger partial charge is 0.191 e. The summed E-state index contributed by atoms with van der Waals surface area (Å²) < 4.78 is 3.88. The Hall–Kier alpha value is -1.66. The molecule has 0 unspecified atom stereocenters. The van der Waals surface area contributed by atoms with E-state index in [2.05, 4.69) is 33.7 Å². The van der Waals surface area contributed by atoms with Gasteiger partial charge in [-0.25, -0.2) is 0 Å². The molecule has 0 fully saturated rings. The Kier molecular flexibility index (Phi) is 6.57. The Bertz CT molecular complexity index is 716. The van der Waals surface area contributed by atoms with Gasteiger partial charge in [0.15, 0.2) is 5.96 Å². The van der Waals surface area contributed by atoms with Crippen molar-refractivity contribution >= 4 is 29.2 Å². The molecular weight excluding hydrogens is 347 g/mol. The average Bonchev–Trinajstić information content (AvgIpc) is 3.00. The second-order valence-electron chi connectivity index (χ2n) is 5.69. The highest BCUT2D eigenvalue weighted by molar-refractivity contribution is 6.41. The Morgan fingerprint density at radius 3 is 2.54 bits per heavy atom. The molecule has 0 aliphatic rings. The first-order chi connectivity index (χ1) is 11.4. The van der Waals surface area contributed by atoms with Gasteiger partial charge in [0.1, 0.15) is 5.15 Å². The zero-order valence-corrected chi connectivity index (χ0v) is 16.0. The van der Waals surface area contributed by atoms with Gasteiger partial charge in [-0.2, -0.15) is 5.10 Å². The fourth-order valence-corrected chi connectivity index (χ4v) is 2.91. The van der Waals surface area contributed by atoms with Crippen LogP contribution in [0.4, 0.5) is 0 Å². The summed E-state index contributed by atoms with van der Waals surface area (Å²) in [5, 5.41) is 12.1. The minimum absolute atomic E-state index is 0.543. The number of hydrogen-bond acceptors (Lipinski definition) is 2. The third-order valence-electron chi connectivity index (χ3n) is 3.82. The van der Waals surface area contributed by atoms with E-state index in [1.165, 1.54) is 5.69 Å². The van der Waals surface area contributed by atoms with Crippen molar-refractivity contribution < 1.29 is 0 Å². The number of aryl methyl sites for hydroxylation is 3. The van der Waals surface area contributed by atoms with Crippen molar-refractivity contribution in [2.75, 3.05) is 13.6 Å². The summed E-state index contributed by atoms with van der Waals surface area (Å²) in [5.74, 6) is 0.747. The first-order valence-corrected chi connectivity index (χ1v) is 8.63. The van der Waals surface area contributed by atoms with Crippen molar-refractivity contribution in [1.29, 1.82) is 0 Å². The van der Waals surface area contributed by atoms with Gasteiger partial charge in [0.25, 0.3) is 0 Å². The maximum atomic E-state index is 6.07. The van der Waals surface area contributed by atoms with Crippen molar-refractivity contribution in [3.8, 4) is 0 Å². The summed E-state index contributed by atoms with van der Waals surface area (Å²) in [6.07, 6.45) is 0.963. The van der Waals surface area contributed by atoms with Crippen LogP contribution in [0.25, 0.3) is 0 Å². The van der Waals surface area contributed by atoms with E-state index in [1.54, 1.807) is 7.05 Å². The fraction of sp³-hybridized carbons (Fsp3) is 0.500. The lowest BCUT2D eigenvalue weighted by Gasteiger charge is -2.12. The molecule has 0 amide bonds. The van der Waals surface area contributed by atoms with Crippen molar-refractivity contribution in [1.82, 2.24) is 25.0 Å². The molecule has 2 N–H and O–H groups in total. The predicted octanol–water partition coefficient (Wildman–Crippen LogP) is 2.90. The van der Waals surface area contributed by atoms with E-state index >= 15 is 0 Å². The number of halogens is 2. The SMILES string of the molecule is CN=C(NCCCn1nc(C)cc1C)NCc1cc(Cl)c(Cl)n1C. The lowest BCUT2D eigenvalue weighted by Crippen LogP contribution is -2.37. The lowest BCUT2D eigenvalue weighted by molar-refractivity contribution is 0.555. The fourth-order valence-electron chi connectivity index (χ4n) is 2.49. The molecular formula is C16H24Cl2N6. The molecule has 0 aliphatic heterocycles. The molecule has 0 saturated carbocycles. The van der Waals surface area contributed by atoms with E-state index in [0.717, 1.165) is 36.9 Å². The highest BCUT2D eigenvalue weighted by Crippen LogP contribution is 2.24. The van der Waals surface area contributed by atoms with Gasteiger partial charge in [-0.15, -0.1) is 0 Å². The summed E-state index contributed by atoms with van der Waals surface area (Å²) in [5.41, 5.74) is 3.24. The Morgan fingerprint density at radius 2 is 2.00 bits per heavy atom. The normalized spacial score (nSPS) is 11.8. The van der Waals surface area contributed by atoms with Crippen LogP contribution in [0.15, 0.2) is 17.1 Å². The summed E-state index contributed by atoms with van der Waals surface area (Å²) in [4.78, 5) is 4.23. The molecule has 0 spiro atoms. The minimum Gasteiger partial charge on any atom is -0.356 e. The third kappa shape index (κ3) is 4.68. The van der Waals surface area contributed by atoms with Crippen molar-refractivity contribution in [2.24, 2.45) is 12.0 Å². The molecule has 2 aromatic heterocycles. The number of rotatable bonds is 6. The Morgan fingerprint density at radius 1 is 1.25 bits per heavy atom. The first-order valence-electron chi connectivity index (χ1n) is 7.87. The molecule has 2 aromatic rings. The monoisotopic (exact) mass is 370 g/mol. The van der Waals surface area contributed by atoms with Crippen LogP contribution in [0, 0.1) is 13.8 Å². The van der Waals surface area contributed by atoms with Crippen LogP contribution in [-0.4, -0.2) is 33.9 Å². The van der Waals surface area contributed by atoms with E-state index in [9.17, 15) is 0 Å². The second-order valence-corrected chi connectivity index (χ2v) is 6.45. The van der Waals surface area contributed by atoms with Crippen LogP contribution in [-0.2, 0) is 20.1 Å². The summed E-state index contributed by atoms with van der Waals surface area (Å²) in [6.45, 7) is 6.37. The van der Waals surface area contributed by atoms with Gasteiger partial charge in [0, 0.05) is 38.6 Å². The van der Waals surface area contributed by atoms with Crippen molar-refractivity contribution in [3.05, 3.63) is 39.4 Å². The molecule has 0 radical (unpaired) electrons. The van der Waals surface area contributed by atoms with Crippen LogP contribution in [0.3, 0.4) is 0 Å². The number of nitrogens with one attached hydrogen (secondary N) is 2. The zero-order chi connectivity index (χ0) is 17.7. The molecule has 24 heavy (non-hydrogen) atoms. The molecule has 0 aromatic carbocycles. The summed E-state index contributed by atoms with van der Waals surface area (Å²) >= 11 is 12.1. The molecule has 8 heteroatoms. The molecule has 132 valence electrons. The van der Waals surface area contributed by atoms with Gasteiger partial charge in [-0.1, -0.05) is 23.2 Å². The van der Waals surface area contributed by atoms with Gasteiger partial charge in [-0.05, 0) is 32.4 Å². The van der Waals surface area contributed by atoms with Crippen LogP contribution < -0.4 is 10.6 Å². The maximum Gasteiger partial charge on any atom is 0.191 e. The quantitative estimate of drug-likeness (QED) is 0.466. The summed E-state index contributed by atoms with van der Waals surface area (Å²) in [6, 6.07) is 3.94. The van der Waals surface area contributed by atoms with Gasteiger partial charge in [0.05, 0.1) is 17.3 Å². The van der Waals surface area contributed by atoms with Gasteiger partial charge in [-0.3, -0.25) is 9.67 Å². The number of aromatic nitrogens is 3. The first kappa shape index (κ1) is 18.7. The molecule has 0 bridgehead atoms. The molecule has 0 saturated heterocycles. The predicted molar refractivity (Wildman–Crippen MR) is 100.0 cm³/mol. The van der Waals surface area contributed by atoms with E-state index in [0.29, 0.717) is 16.7 Å². The second kappa shape index (κ2) is 8.44. The summed E-state index contributed by atoms with van der Waals surface area (Å²) in [7, 11) is 3.64. The molecule has 0 aliphatic carbocycles. The minimum atomic E-state index is 0.543. The molecule has 2 heterocycles. The highest BCUT2D eigenvalue weighted by atomic mass is 35.5. The van der Waals surface area contributed by atoms with Gasteiger partial charge >= 0.3 is 0 Å². The average molecular weight is 371 g/mol. The maximum absolute atomic E-state index is 6.07. The molecule has 6 nitrogen and oxygen atoms in total. The Balaban J connectivity index is 1.76. The highest BCUT2D eigenvalue weighted by Gasteiger charge is 2.09. The number of guanidine groups is 1. The van der Waals surface area contributed by atoms with Crippen LogP contribution in [0.1, 0.15) is 23.5 Å². The largest absolute Gasteiger partial charge is 0.356 e. The number of hydrogen-bond donors (Lipinski definition) is 2. The molecule has 0 atom stereocenters. The topological polar surface area (TPSA) is 59.2 Å². The van der Waals surface area contributed by atoms with Crippen LogP contribution >= 0.6 is 23.2 Å². The van der Waals surface area contributed by atoms with Gasteiger partial charge < -0.3 is 15.2 Å². The lowest BCUT2D eigenvalue weighted by atomic mass is 10.4. The van der Waals surface area contributed by atoms with Crippen molar-refractivity contribution in [2.45, 2.75) is 33.4 Å². The van der Waals surface area contributed by atoms with E-state index < -0.39 is 0 Å². The number of aliphatic imine (C=N–C) groups is 1. The standard InChI is InChI=1S/C16H24Cl2N6/c1-11-8-12(2)24(22-11)7-5-6-20-16(19-3)21-10-13-9-14(17)15(18)23(13)4/h8-9H,5-7,10H2,1-4H3,(H2,19,20,21). The van der Waals surface area contributed by atoms with Crippen molar-refractivity contribution in [3.63, 3.8) is 0 Å². The van der Waals surface area contributed by atoms with Gasteiger partial charge in [0.2, 0.25) is 0 Å².